The van der Waals surface area contributed by atoms with Gasteiger partial charge < -0.3 is 15.5 Å². The highest BCUT2D eigenvalue weighted by Crippen LogP contribution is 2.29. The van der Waals surface area contributed by atoms with Crippen LogP contribution < -0.4 is 15.5 Å². The number of aliphatic imine (C=N–C) groups is 1. The van der Waals surface area contributed by atoms with E-state index in [9.17, 15) is 14.4 Å². The summed E-state index contributed by atoms with van der Waals surface area (Å²) in [5.41, 5.74) is 4.39. The highest BCUT2D eigenvalue weighted by atomic mass is 79.9. The van der Waals surface area contributed by atoms with E-state index in [-0.39, 0.29) is 12.3 Å². The molecule has 0 aromatic heterocycles. The minimum Gasteiger partial charge on any atom is -0.308 e. The molecule has 4 aromatic rings. The molecule has 2 N–H and O–H groups in total. The summed E-state index contributed by atoms with van der Waals surface area (Å²) in [5.74, 6) is -0.739. The molecular weight excluding hydrogens is 636 g/mol. The average Bonchev–Trinajstić information content (AvgIpc) is 3.06. The zero-order valence-electron chi connectivity index (χ0n) is 21.4. The lowest BCUT2D eigenvalue weighted by Crippen LogP contribution is -2.50. The van der Waals surface area contributed by atoms with E-state index in [2.05, 4.69) is 42.5 Å². The van der Waals surface area contributed by atoms with Gasteiger partial charge in [-0.25, -0.2) is 9.79 Å². The summed E-state index contributed by atoms with van der Waals surface area (Å²) in [6, 6.07) is 28.7. The van der Waals surface area contributed by atoms with Gasteiger partial charge in [-0.2, -0.15) is 0 Å². The second-order valence-electron chi connectivity index (χ2n) is 9.15. The van der Waals surface area contributed by atoms with Crippen LogP contribution in [0.15, 0.2) is 111 Å². The summed E-state index contributed by atoms with van der Waals surface area (Å²) in [4.78, 5) is 46.8. The number of ketones is 1. The maximum absolute atomic E-state index is 14.0. The number of para-hydroxylation sites is 1. The first-order valence-electron chi connectivity index (χ1n) is 12.5. The number of nitrogens with one attached hydrogen (secondary N) is 2. The van der Waals surface area contributed by atoms with Crippen LogP contribution >= 0.6 is 31.9 Å². The zero-order valence-corrected chi connectivity index (χ0v) is 24.6. The fourth-order valence-corrected chi connectivity index (χ4v) is 5.65. The van der Waals surface area contributed by atoms with Gasteiger partial charge in [0.25, 0.3) is 5.91 Å². The van der Waals surface area contributed by atoms with Crippen molar-refractivity contribution in [1.29, 1.82) is 0 Å². The summed E-state index contributed by atoms with van der Waals surface area (Å²) < 4.78 is 1.50. The molecule has 7 nitrogen and oxygen atoms in total. The molecule has 1 atom stereocenters. The van der Waals surface area contributed by atoms with Crippen molar-refractivity contribution in [1.82, 2.24) is 5.32 Å². The Morgan fingerprint density at radius 3 is 2.35 bits per heavy atom. The van der Waals surface area contributed by atoms with Gasteiger partial charge >= 0.3 is 6.03 Å². The van der Waals surface area contributed by atoms with Crippen LogP contribution in [0.5, 0.6) is 0 Å². The molecule has 200 valence electrons. The highest BCUT2D eigenvalue weighted by molar-refractivity contribution is 9.11. The fourth-order valence-electron chi connectivity index (χ4n) is 4.50. The van der Waals surface area contributed by atoms with Crippen molar-refractivity contribution >= 4 is 66.7 Å². The van der Waals surface area contributed by atoms with E-state index in [0.29, 0.717) is 32.7 Å². The van der Waals surface area contributed by atoms with Crippen LogP contribution in [0.2, 0.25) is 0 Å². The summed E-state index contributed by atoms with van der Waals surface area (Å²) in [6.07, 6.45) is -1.29. The number of carbonyl (C=O) groups excluding carboxylic acids is 3. The van der Waals surface area contributed by atoms with Crippen LogP contribution in [0.3, 0.4) is 0 Å². The monoisotopic (exact) mass is 658 g/mol. The minimum atomic E-state index is -1.29. The van der Waals surface area contributed by atoms with Crippen molar-refractivity contribution in [2.24, 2.45) is 4.99 Å². The van der Waals surface area contributed by atoms with Gasteiger partial charge in [0, 0.05) is 25.6 Å². The number of nitrogens with zero attached hydrogens (tertiary/aromatic N) is 2. The largest absolute Gasteiger partial charge is 0.321 e. The number of rotatable bonds is 6. The summed E-state index contributed by atoms with van der Waals surface area (Å²) in [6.45, 7) is 1.65. The third-order valence-corrected chi connectivity index (χ3v) is 7.60. The number of anilines is 2. The van der Waals surface area contributed by atoms with Gasteiger partial charge in [0.05, 0.1) is 23.6 Å². The third-order valence-electron chi connectivity index (χ3n) is 6.45. The van der Waals surface area contributed by atoms with Crippen LogP contribution in [-0.2, 0) is 4.79 Å². The molecule has 40 heavy (non-hydrogen) atoms. The van der Waals surface area contributed by atoms with Gasteiger partial charge in [0.1, 0.15) is 0 Å². The molecule has 0 unspecified atom stereocenters. The number of benzene rings is 4. The van der Waals surface area contributed by atoms with Gasteiger partial charge in [-0.1, -0.05) is 88.7 Å². The lowest BCUT2D eigenvalue weighted by atomic mass is 9.99. The Morgan fingerprint density at radius 1 is 0.900 bits per heavy atom. The van der Waals surface area contributed by atoms with Gasteiger partial charge in [0.15, 0.2) is 5.78 Å². The van der Waals surface area contributed by atoms with E-state index < -0.39 is 18.1 Å². The number of urea groups is 1. The van der Waals surface area contributed by atoms with E-state index >= 15 is 0 Å². The van der Waals surface area contributed by atoms with Crippen LogP contribution in [-0.4, -0.2) is 36.1 Å². The number of carbonyl (C=O) groups is 3. The van der Waals surface area contributed by atoms with Crippen LogP contribution in [0.1, 0.15) is 27.0 Å². The standard InChI is InChI=1S/C31H24Br2N4O3/c1-19-9-5-6-12-22(19)27(38)18-37-26-14-8-7-13-23(26)28(20-10-3-2-4-11-20)35-29(30(37)39)36-31(40)34-25-16-15-21(32)17-24(25)33/h2-17,29H,18H2,1H3,(H2,34,36,40)/t29-/m1/s1. The highest BCUT2D eigenvalue weighted by Gasteiger charge is 2.34. The molecule has 3 amide bonds. The molecule has 1 aliphatic heterocycles. The van der Waals surface area contributed by atoms with Crippen LogP contribution in [0.4, 0.5) is 16.2 Å². The summed E-state index contributed by atoms with van der Waals surface area (Å²) in [5, 5.41) is 5.48. The van der Waals surface area contributed by atoms with Crippen LogP contribution in [0.25, 0.3) is 0 Å². The lowest BCUT2D eigenvalue weighted by molar-refractivity contribution is -0.120. The Balaban J connectivity index is 1.54. The van der Waals surface area contributed by atoms with Gasteiger partial charge in [-0.15, -0.1) is 0 Å². The summed E-state index contributed by atoms with van der Waals surface area (Å²) >= 11 is 6.83. The molecule has 1 aliphatic rings. The average molecular weight is 660 g/mol. The van der Waals surface area contributed by atoms with E-state index in [1.165, 1.54) is 4.90 Å². The molecule has 0 spiro atoms. The van der Waals surface area contributed by atoms with Crippen molar-refractivity contribution in [3.63, 3.8) is 0 Å². The van der Waals surface area contributed by atoms with Crippen molar-refractivity contribution in [2.75, 3.05) is 16.8 Å². The van der Waals surface area contributed by atoms with E-state index in [0.717, 1.165) is 15.6 Å². The molecule has 0 fully saturated rings. The zero-order chi connectivity index (χ0) is 28.2. The number of Topliss-reactive ketones (excluding diaryl/α,β-unsaturated/α-hetero) is 1. The second kappa shape index (κ2) is 12.0. The van der Waals surface area contributed by atoms with Crippen molar-refractivity contribution in [3.8, 4) is 0 Å². The smallest absolute Gasteiger partial charge is 0.308 e. The molecule has 0 aliphatic carbocycles. The quantitative estimate of drug-likeness (QED) is 0.225. The van der Waals surface area contributed by atoms with Gasteiger partial charge in [0.2, 0.25) is 6.17 Å². The fraction of sp³-hybridized carbons (Fsp3) is 0.0968. The molecule has 1 heterocycles. The van der Waals surface area contributed by atoms with Crippen molar-refractivity contribution in [3.05, 3.63) is 128 Å². The molecule has 0 saturated heterocycles. The van der Waals surface area contributed by atoms with Crippen LogP contribution in [0, 0.1) is 6.92 Å². The third kappa shape index (κ3) is 5.90. The Bertz CT molecular complexity index is 1640. The molecule has 9 heteroatoms. The number of amides is 3. The Hall–Kier alpha value is -4.08. The number of hydrogen-bond acceptors (Lipinski definition) is 4. The minimum absolute atomic E-state index is 0.212. The Labute approximate surface area is 248 Å². The predicted octanol–water partition coefficient (Wildman–Crippen LogP) is 6.73. The summed E-state index contributed by atoms with van der Waals surface area (Å²) in [7, 11) is 0. The Kier molecular flexibility index (Phi) is 8.23. The maximum atomic E-state index is 14.0. The predicted molar refractivity (Wildman–Crippen MR) is 164 cm³/mol. The first-order valence-corrected chi connectivity index (χ1v) is 14.1. The van der Waals surface area contributed by atoms with Crippen molar-refractivity contribution in [2.45, 2.75) is 13.1 Å². The number of hydrogen-bond donors (Lipinski definition) is 2. The van der Waals surface area contributed by atoms with E-state index in [1.807, 2.05) is 67.6 Å². The number of benzodiazepines with no additional fused rings is 1. The van der Waals surface area contributed by atoms with Gasteiger partial charge in [-0.05, 0) is 52.7 Å². The topological polar surface area (TPSA) is 90.9 Å². The molecule has 5 rings (SSSR count). The van der Waals surface area contributed by atoms with E-state index in [4.69, 9.17) is 4.99 Å². The first kappa shape index (κ1) is 27.5. The molecule has 0 bridgehead atoms. The number of halogens is 2. The molecule has 0 radical (unpaired) electrons. The lowest BCUT2D eigenvalue weighted by Gasteiger charge is -2.25. The number of aryl methyl sites for hydroxylation is 1. The second-order valence-corrected chi connectivity index (χ2v) is 10.9. The normalized spacial score (nSPS) is 14.6. The van der Waals surface area contributed by atoms with E-state index in [1.54, 1.807) is 36.4 Å². The molecular formula is C31H24Br2N4O3. The number of fused-ring (bicyclic) bond motifs is 1. The SMILES string of the molecule is Cc1ccccc1C(=O)CN1C(=O)[C@@H](NC(=O)Nc2ccc(Br)cc2Br)N=C(c2ccccc2)c2ccccc21. The molecule has 0 saturated carbocycles. The first-order chi connectivity index (χ1) is 19.3. The Morgan fingerprint density at radius 2 is 1.60 bits per heavy atom. The van der Waals surface area contributed by atoms with Crippen molar-refractivity contribution < 1.29 is 14.4 Å². The maximum Gasteiger partial charge on any atom is 0.321 e. The molecule has 4 aromatic carbocycles. The van der Waals surface area contributed by atoms with Gasteiger partial charge in [-0.3, -0.25) is 9.59 Å².